The molecule has 0 radical (unpaired) electrons. The smallest absolute Gasteiger partial charge is 0.0774 e. The van der Waals surface area contributed by atoms with Crippen molar-refractivity contribution in [3.8, 4) is 0 Å². The molecule has 1 heterocycles. The van der Waals surface area contributed by atoms with Crippen LogP contribution in [0, 0.1) is 0 Å². The summed E-state index contributed by atoms with van der Waals surface area (Å²) in [6.07, 6.45) is 7.85. The van der Waals surface area contributed by atoms with Crippen LogP contribution in [0.15, 0.2) is 22.9 Å². The van der Waals surface area contributed by atoms with Gasteiger partial charge in [-0.05, 0) is 47.4 Å². The number of halogens is 1. The van der Waals surface area contributed by atoms with Crippen molar-refractivity contribution in [2.45, 2.75) is 37.8 Å². The summed E-state index contributed by atoms with van der Waals surface area (Å²) >= 11 is 3.42. The SMILES string of the molecule is CN(Cc1cncc(Br)c1)CC1(O)CCCC1. The van der Waals surface area contributed by atoms with Crippen LogP contribution in [0.1, 0.15) is 31.2 Å². The quantitative estimate of drug-likeness (QED) is 0.928. The van der Waals surface area contributed by atoms with Crippen LogP contribution in [0.3, 0.4) is 0 Å². The van der Waals surface area contributed by atoms with E-state index in [1.165, 1.54) is 5.56 Å². The highest BCUT2D eigenvalue weighted by Crippen LogP contribution is 2.30. The van der Waals surface area contributed by atoms with Gasteiger partial charge in [0.1, 0.15) is 0 Å². The molecule has 1 aliphatic carbocycles. The van der Waals surface area contributed by atoms with Crippen molar-refractivity contribution >= 4 is 15.9 Å². The van der Waals surface area contributed by atoms with Crippen LogP contribution in [0.5, 0.6) is 0 Å². The van der Waals surface area contributed by atoms with Gasteiger partial charge in [-0.15, -0.1) is 0 Å². The summed E-state index contributed by atoms with van der Waals surface area (Å²) in [5, 5.41) is 10.3. The summed E-state index contributed by atoms with van der Waals surface area (Å²) < 4.78 is 1.00. The molecule has 0 bridgehead atoms. The zero-order valence-electron chi connectivity index (χ0n) is 10.2. The topological polar surface area (TPSA) is 36.4 Å². The van der Waals surface area contributed by atoms with Crippen LogP contribution in [0.2, 0.25) is 0 Å². The third-order valence-electron chi connectivity index (χ3n) is 3.31. The molecule has 1 aliphatic rings. The Labute approximate surface area is 111 Å². The molecule has 0 aromatic carbocycles. The summed E-state index contributed by atoms with van der Waals surface area (Å²) in [7, 11) is 2.05. The fourth-order valence-electron chi connectivity index (χ4n) is 2.60. The fourth-order valence-corrected chi connectivity index (χ4v) is 3.02. The van der Waals surface area contributed by atoms with E-state index >= 15 is 0 Å². The number of aliphatic hydroxyl groups is 1. The van der Waals surface area contributed by atoms with Crippen molar-refractivity contribution in [3.63, 3.8) is 0 Å². The standard InChI is InChI=1S/C13H19BrN2O/c1-16(10-13(17)4-2-3-5-13)9-11-6-12(14)8-15-7-11/h6-8,17H,2-5,9-10H2,1H3. The van der Waals surface area contributed by atoms with Crippen LogP contribution < -0.4 is 0 Å². The van der Waals surface area contributed by atoms with Crippen LogP contribution in [0.4, 0.5) is 0 Å². The molecule has 0 spiro atoms. The van der Waals surface area contributed by atoms with Crippen molar-refractivity contribution in [2.75, 3.05) is 13.6 Å². The third kappa shape index (κ3) is 3.76. The second-order valence-electron chi connectivity index (χ2n) is 5.12. The van der Waals surface area contributed by atoms with Gasteiger partial charge in [0.25, 0.3) is 0 Å². The van der Waals surface area contributed by atoms with E-state index in [1.54, 1.807) is 6.20 Å². The first-order chi connectivity index (χ1) is 8.07. The van der Waals surface area contributed by atoms with Gasteiger partial charge in [0.2, 0.25) is 0 Å². The van der Waals surface area contributed by atoms with E-state index in [4.69, 9.17) is 0 Å². The summed E-state index contributed by atoms with van der Waals surface area (Å²) in [6.45, 7) is 1.58. The number of hydrogen-bond donors (Lipinski definition) is 1. The van der Waals surface area contributed by atoms with Crippen LogP contribution in [0.25, 0.3) is 0 Å². The first kappa shape index (κ1) is 13.0. The van der Waals surface area contributed by atoms with Crippen LogP contribution in [-0.2, 0) is 6.54 Å². The molecule has 1 N–H and O–H groups in total. The van der Waals surface area contributed by atoms with E-state index in [1.807, 2.05) is 6.20 Å². The maximum absolute atomic E-state index is 10.3. The molecule has 0 amide bonds. The molecule has 1 aromatic heterocycles. The van der Waals surface area contributed by atoms with Gasteiger partial charge in [-0.1, -0.05) is 12.8 Å². The predicted molar refractivity (Wildman–Crippen MR) is 71.7 cm³/mol. The molecule has 0 aliphatic heterocycles. The van der Waals surface area contributed by atoms with Gasteiger partial charge in [0.05, 0.1) is 5.60 Å². The van der Waals surface area contributed by atoms with Crippen molar-refractivity contribution < 1.29 is 5.11 Å². The van der Waals surface area contributed by atoms with E-state index in [-0.39, 0.29) is 0 Å². The molecule has 1 aromatic rings. The Bertz CT molecular complexity index is 377. The molecule has 1 saturated carbocycles. The van der Waals surface area contributed by atoms with E-state index < -0.39 is 5.60 Å². The molecule has 0 saturated heterocycles. The van der Waals surface area contributed by atoms with Crippen molar-refractivity contribution in [3.05, 3.63) is 28.5 Å². The fraction of sp³-hybridized carbons (Fsp3) is 0.615. The monoisotopic (exact) mass is 298 g/mol. The van der Waals surface area contributed by atoms with Crippen LogP contribution in [-0.4, -0.2) is 34.2 Å². The predicted octanol–water partition coefficient (Wildman–Crippen LogP) is 2.58. The molecule has 94 valence electrons. The Morgan fingerprint density at radius 3 is 2.76 bits per heavy atom. The highest BCUT2D eigenvalue weighted by Gasteiger charge is 2.31. The van der Waals surface area contributed by atoms with Gasteiger partial charge < -0.3 is 5.11 Å². The number of hydrogen-bond acceptors (Lipinski definition) is 3. The van der Waals surface area contributed by atoms with Gasteiger partial charge >= 0.3 is 0 Å². The molecule has 0 unspecified atom stereocenters. The van der Waals surface area contributed by atoms with Gasteiger partial charge in [-0.25, -0.2) is 0 Å². The summed E-state index contributed by atoms with van der Waals surface area (Å²) in [5.41, 5.74) is 0.706. The molecular weight excluding hydrogens is 280 g/mol. The maximum atomic E-state index is 10.3. The van der Waals surface area contributed by atoms with Gasteiger partial charge in [-0.3, -0.25) is 9.88 Å². The Kier molecular flexibility index (Phi) is 4.17. The first-order valence-electron chi connectivity index (χ1n) is 6.08. The Hall–Kier alpha value is -0.450. The first-order valence-corrected chi connectivity index (χ1v) is 6.87. The van der Waals surface area contributed by atoms with Crippen molar-refractivity contribution in [1.29, 1.82) is 0 Å². The van der Waals surface area contributed by atoms with E-state index in [9.17, 15) is 5.11 Å². The highest BCUT2D eigenvalue weighted by atomic mass is 79.9. The van der Waals surface area contributed by atoms with E-state index in [0.717, 1.165) is 43.2 Å². The molecule has 1 fully saturated rings. The molecule has 3 nitrogen and oxygen atoms in total. The highest BCUT2D eigenvalue weighted by molar-refractivity contribution is 9.10. The second-order valence-corrected chi connectivity index (χ2v) is 6.03. The molecule has 17 heavy (non-hydrogen) atoms. The van der Waals surface area contributed by atoms with Gasteiger partial charge in [0.15, 0.2) is 0 Å². The largest absolute Gasteiger partial charge is 0.389 e. The van der Waals surface area contributed by atoms with E-state index in [2.05, 4.69) is 38.9 Å². The third-order valence-corrected chi connectivity index (χ3v) is 3.75. The average molecular weight is 299 g/mol. The number of pyridine rings is 1. The Morgan fingerprint density at radius 1 is 1.41 bits per heavy atom. The zero-order chi connectivity index (χ0) is 12.3. The lowest BCUT2D eigenvalue weighted by atomic mass is 10.0. The van der Waals surface area contributed by atoms with Crippen molar-refractivity contribution in [2.24, 2.45) is 0 Å². The molecule has 0 atom stereocenters. The Morgan fingerprint density at radius 2 is 2.12 bits per heavy atom. The summed E-state index contributed by atoms with van der Waals surface area (Å²) in [4.78, 5) is 6.33. The van der Waals surface area contributed by atoms with Gasteiger partial charge in [0, 0.05) is 30.0 Å². The second kappa shape index (κ2) is 5.46. The van der Waals surface area contributed by atoms with Crippen LogP contribution >= 0.6 is 15.9 Å². The van der Waals surface area contributed by atoms with E-state index in [0.29, 0.717) is 0 Å². The zero-order valence-corrected chi connectivity index (χ0v) is 11.8. The maximum Gasteiger partial charge on any atom is 0.0774 e. The minimum atomic E-state index is -0.464. The number of nitrogens with zero attached hydrogens (tertiary/aromatic N) is 2. The lowest BCUT2D eigenvalue weighted by Gasteiger charge is -2.28. The Balaban J connectivity index is 1.90. The number of rotatable bonds is 4. The summed E-state index contributed by atoms with van der Waals surface area (Å²) in [6, 6.07) is 2.07. The summed E-state index contributed by atoms with van der Waals surface area (Å²) in [5.74, 6) is 0. The average Bonchev–Trinajstić information content (AvgIpc) is 2.64. The minimum Gasteiger partial charge on any atom is -0.389 e. The number of likely N-dealkylation sites (N-methyl/N-ethyl adjacent to an activating group) is 1. The molecular formula is C13H19BrN2O. The molecule has 2 rings (SSSR count). The van der Waals surface area contributed by atoms with Crippen molar-refractivity contribution in [1.82, 2.24) is 9.88 Å². The number of aromatic nitrogens is 1. The van der Waals surface area contributed by atoms with Gasteiger partial charge in [-0.2, -0.15) is 0 Å². The lowest BCUT2D eigenvalue weighted by molar-refractivity contribution is 0.0145. The lowest BCUT2D eigenvalue weighted by Crippen LogP contribution is -2.38. The molecule has 4 heteroatoms. The minimum absolute atomic E-state index is 0.464. The normalized spacial score (nSPS) is 18.8.